The molecule has 2 atom stereocenters. The Labute approximate surface area is 116 Å². The summed E-state index contributed by atoms with van der Waals surface area (Å²) in [7, 11) is 0. The van der Waals surface area contributed by atoms with Gasteiger partial charge in [-0.05, 0) is 38.3 Å². The Morgan fingerprint density at radius 2 is 1.95 bits per heavy atom. The van der Waals surface area contributed by atoms with Crippen LogP contribution in [0.5, 0.6) is 0 Å². The third-order valence-electron chi connectivity index (χ3n) is 4.04. The third kappa shape index (κ3) is 4.08. The normalized spacial score (nSPS) is 21.0. The summed E-state index contributed by atoms with van der Waals surface area (Å²) in [6.07, 6.45) is 8.69. The van der Waals surface area contributed by atoms with E-state index in [-0.39, 0.29) is 12.1 Å². The maximum atomic E-state index is 6.30. The molecule has 2 N–H and O–H groups in total. The van der Waals surface area contributed by atoms with Crippen LogP contribution in [0.15, 0.2) is 16.5 Å². The highest BCUT2D eigenvalue weighted by atomic mass is 16.5. The van der Waals surface area contributed by atoms with Crippen LogP contribution in [0, 0.1) is 6.92 Å². The smallest absolute Gasteiger partial charge is 0.134 e. The van der Waals surface area contributed by atoms with E-state index >= 15 is 0 Å². The Morgan fingerprint density at radius 3 is 2.47 bits per heavy atom. The van der Waals surface area contributed by atoms with Gasteiger partial charge < -0.3 is 14.9 Å². The second-order valence-electron chi connectivity index (χ2n) is 5.69. The van der Waals surface area contributed by atoms with E-state index in [0.29, 0.717) is 6.10 Å². The van der Waals surface area contributed by atoms with Gasteiger partial charge >= 0.3 is 0 Å². The van der Waals surface area contributed by atoms with E-state index in [1.807, 2.05) is 19.1 Å². The van der Waals surface area contributed by atoms with Crippen molar-refractivity contribution < 1.29 is 9.15 Å². The van der Waals surface area contributed by atoms with Crippen LogP contribution in [-0.2, 0) is 4.74 Å². The quantitative estimate of drug-likeness (QED) is 0.815. The van der Waals surface area contributed by atoms with Crippen molar-refractivity contribution in [3.63, 3.8) is 0 Å². The molecule has 1 heterocycles. The molecule has 0 spiro atoms. The van der Waals surface area contributed by atoms with Gasteiger partial charge in [-0.1, -0.05) is 32.6 Å². The summed E-state index contributed by atoms with van der Waals surface area (Å²) in [5.74, 6) is 1.81. The average Bonchev–Trinajstić information content (AvgIpc) is 2.68. The van der Waals surface area contributed by atoms with Gasteiger partial charge in [0.25, 0.3) is 0 Å². The molecule has 0 bridgehead atoms. The first-order chi connectivity index (χ1) is 9.20. The molecule has 1 aromatic heterocycles. The lowest BCUT2D eigenvalue weighted by atomic mass is 10.1. The van der Waals surface area contributed by atoms with Crippen molar-refractivity contribution in [3.8, 4) is 0 Å². The van der Waals surface area contributed by atoms with Crippen molar-refractivity contribution in [1.29, 1.82) is 0 Å². The second-order valence-corrected chi connectivity index (χ2v) is 5.69. The van der Waals surface area contributed by atoms with Crippen molar-refractivity contribution in [1.82, 2.24) is 0 Å². The molecule has 0 amide bonds. The molecule has 0 saturated heterocycles. The number of nitrogens with two attached hydrogens (primary N) is 1. The lowest BCUT2D eigenvalue weighted by Crippen LogP contribution is -2.32. The van der Waals surface area contributed by atoms with Gasteiger partial charge in [0.2, 0.25) is 0 Å². The topological polar surface area (TPSA) is 48.4 Å². The molecule has 2 rings (SSSR count). The zero-order chi connectivity index (χ0) is 13.7. The van der Waals surface area contributed by atoms with Crippen molar-refractivity contribution in [2.24, 2.45) is 5.73 Å². The number of ether oxygens (including phenoxy) is 1. The summed E-state index contributed by atoms with van der Waals surface area (Å²) in [5, 5.41) is 0. The predicted octanol–water partition coefficient (Wildman–Crippen LogP) is 4.11. The average molecular weight is 265 g/mol. The molecule has 2 unspecified atom stereocenters. The Kier molecular flexibility index (Phi) is 5.46. The van der Waals surface area contributed by atoms with Gasteiger partial charge in [-0.3, -0.25) is 0 Å². The molecule has 1 aromatic rings. The maximum Gasteiger partial charge on any atom is 0.134 e. The summed E-state index contributed by atoms with van der Waals surface area (Å²) in [6.45, 7) is 4.06. The van der Waals surface area contributed by atoms with Gasteiger partial charge in [0.15, 0.2) is 0 Å². The summed E-state index contributed by atoms with van der Waals surface area (Å²) in [4.78, 5) is 0. The zero-order valence-electron chi connectivity index (χ0n) is 12.2. The van der Waals surface area contributed by atoms with Gasteiger partial charge in [-0.15, -0.1) is 0 Å². The Balaban J connectivity index is 2.04. The molecule has 1 saturated carbocycles. The number of rotatable bonds is 5. The first kappa shape index (κ1) is 14.6. The van der Waals surface area contributed by atoms with E-state index < -0.39 is 0 Å². The highest BCUT2D eigenvalue weighted by Gasteiger charge is 2.26. The summed E-state index contributed by atoms with van der Waals surface area (Å²) < 4.78 is 12.0. The van der Waals surface area contributed by atoms with Crippen LogP contribution in [0.1, 0.15) is 69.5 Å². The Morgan fingerprint density at radius 1 is 1.26 bits per heavy atom. The standard InChI is InChI=1S/C16H27NO2/c1-3-14(17)16(15-11-10-12(2)18-15)19-13-8-6-4-5-7-9-13/h10-11,13-14,16H,3-9,17H2,1-2H3. The van der Waals surface area contributed by atoms with Crippen LogP contribution in [0.2, 0.25) is 0 Å². The van der Waals surface area contributed by atoms with Gasteiger partial charge in [-0.25, -0.2) is 0 Å². The molecule has 1 aliphatic carbocycles. The van der Waals surface area contributed by atoms with Gasteiger partial charge in [0, 0.05) is 6.04 Å². The van der Waals surface area contributed by atoms with Crippen molar-refractivity contribution >= 4 is 0 Å². The van der Waals surface area contributed by atoms with E-state index in [4.69, 9.17) is 14.9 Å². The van der Waals surface area contributed by atoms with Crippen molar-refractivity contribution in [3.05, 3.63) is 23.7 Å². The van der Waals surface area contributed by atoms with Crippen LogP contribution >= 0.6 is 0 Å². The van der Waals surface area contributed by atoms with E-state index in [1.165, 1.54) is 25.7 Å². The molecular formula is C16H27NO2. The summed E-state index contributed by atoms with van der Waals surface area (Å²) in [5.41, 5.74) is 6.23. The van der Waals surface area contributed by atoms with Gasteiger partial charge in [0.1, 0.15) is 17.6 Å². The van der Waals surface area contributed by atoms with E-state index in [0.717, 1.165) is 30.8 Å². The van der Waals surface area contributed by atoms with E-state index in [9.17, 15) is 0 Å². The molecule has 0 radical (unpaired) electrons. The molecule has 3 nitrogen and oxygen atoms in total. The lowest BCUT2D eigenvalue weighted by molar-refractivity contribution is -0.0444. The minimum Gasteiger partial charge on any atom is -0.464 e. The number of hydrogen-bond acceptors (Lipinski definition) is 3. The highest BCUT2D eigenvalue weighted by Crippen LogP contribution is 2.30. The number of furan rings is 1. The molecule has 0 aromatic carbocycles. The highest BCUT2D eigenvalue weighted by molar-refractivity contribution is 5.10. The van der Waals surface area contributed by atoms with Gasteiger partial charge in [-0.2, -0.15) is 0 Å². The fourth-order valence-corrected chi connectivity index (χ4v) is 2.78. The SMILES string of the molecule is CCC(N)C(OC1CCCCCC1)c1ccc(C)o1. The molecular weight excluding hydrogens is 238 g/mol. The van der Waals surface area contributed by atoms with Crippen LogP contribution in [-0.4, -0.2) is 12.1 Å². The third-order valence-corrected chi connectivity index (χ3v) is 4.04. The van der Waals surface area contributed by atoms with Crippen LogP contribution in [0.25, 0.3) is 0 Å². The number of aryl methyl sites for hydroxylation is 1. The van der Waals surface area contributed by atoms with Crippen LogP contribution < -0.4 is 5.73 Å². The maximum absolute atomic E-state index is 6.30. The first-order valence-electron chi connectivity index (χ1n) is 7.68. The number of hydrogen-bond donors (Lipinski definition) is 1. The fraction of sp³-hybridized carbons (Fsp3) is 0.750. The van der Waals surface area contributed by atoms with Gasteiger partial charge in [0.05, 0.1) is 6.10 Å². The van der Waals surface area contributed by atoms with Crippen LogP contribution in [0.3, 0.4) is 0 Å². The summed E-state index contributed by atoms with van der Waals surface area (Å²) in [6, 6.07) is 4.00. The van der Waals surface area contributed by atoms with Crippen molar-refractivity contribution in [2.75, 3.05) is 0 Å². The van der Waals surface area contributed by atoms with Crippen molar-refractivity contribution in [2.45, 2.75) is 77.0 Å². The second kappa shape index (κ2) is 7.11. The molecule has 108 valence electrons. The van der Waals surface area contributed by atoms with Crippen LogP contribution in [0.4, 0.5) is 0 Å². The molecule has 3 heteroatoms. The minimum absolute atomic E-state index is 0.00815. The Hall–Kier alpha value is -0.800. The summed E-state index contributed by atoms with van der Waals surface area (Å²) >= 11 is 0. The molecule has 1 aliphatic rings. The first-order valence-corrected chi connectivity index (χ1v) is 7.68. The fourth-order valence-electron chi connectivity index (χ4n) is 2.78. The van der Waals surface area contributed by atoms with E-state index in [2.05, 4.69) is 6.92 Å². The predicted molar refractivity (Wildman–Crippen MR) is 77.0 cm³/mol. The van der Waals surface area contributed by atoms with E-state index in [1.54, 1.807) is 0 Å². The monoisotopic (exact) mass is 265 g/mol. The molecule has 19 heavy (non-hydrogen) atoms. The molecule has 1 fully saturated rings. The minimum atomic E-state index is -0.0956. The lowest BCUT2D eigenvalue weighted by Gasteiger charge is -2.26. The largest absolute Gasteiger partial charge is 0.464 e. The zero-order valence-corrected chi connectivity index (χ0v) is 12.2. The Bertz CT molecular complexity index is 367. The molecule has 0 aliphatic heterocycles.